The van der Waals surface area contributed by atoms with Gasteiger partial charge >= 0.3 is 0 Å². The molecule has 0 aliphatic carbocycles. The lowest BCUT2D eigenvalue weighted by Crippen LogP contribution is -2.46. The van der Waals surface area contributed by atoms with E-state index in [4.69, 9.17) is 4.74 Å². The van der Waals surface area contributed by atoms with Gasteiger partial charge in [-0.3, -0.25) is 4.79 Å². The van der Waals surface area contributed by atoms with Crippen molar-refractivity contribution >= 4 is 5.91 Å². The van der Waals surface area contributed by atoms with Gasteiger partial charge in [0.15, 0.2) is 0 Å². The average Bonchev–Trinajstić information content (AvgIpc) is 2.27. The molecule has 0 aromatic heterocycles. The lowest BCUT2D eigenvalue weighted by molar-refractivity contribution is -0.121. The molecule has 0 aliphatic rings. The largest absolute Gasteiger partial charge is 0.381 e. The van der Waals surface area contributed by atoms with Crippen LogP contribution in [0.5, 0.6) is 0 Å². The summed E-state index contributed by atoms with van der Waals surface area (Å²) in [6.07, 6.45) is 2.94. The second-order valence-electron chi connectivity index (χ2n) is 4.93. The second kappa shape index (κ2) is 9.42. The Morgan fingerprint density at radius 3 is 2.53 bits per heavy atom. The number of amides is 1. The summed E-state index contributed by atoms with van der Waals surface area (Å²) in [6.45, 7) is 11.0. The predicted molar refractivity (Wildman–Crippen MR) is 71.1 cm³/mol. The lowest BCUT2D eigenvalue weighted by Gasteiger charge is -2.24. The van der Waals surface area contributed by atoms with Crippen LogP contribution in [0.25, 0.3) is 0 Å². The summed E-state index contributed by atoms with van der Waals surface area (Å²) in [6, 6.07) is 0. The molecule has 4 nitrogen and oxygen atoms in total. The SMILES string of the molecule is CCCOCCCNCC(=O)NC(C)(C)CC. The topological polar surface area (TPSA) is 50.4 Å². The molecular weight excluding hydrogens is 216 g/mol. The Morgan fingerprint density at radius 1 is 1.24 bits per heavy atom. The maximum absolute atomic E-state index is 11.5. The summed E-state index contributed by atoms with van der Waals surface area (Å²) < 4.78 is 5.35. The van der Waals surface area contributed by atoms with E-state index in [1.807, 2.05) is 13.8 Å². The van der Waals surface area contributed by atoms with Crippen molar-refractivity contribution in [2.24, 2.45) is 0 Å². The van der Waals surface area contributed by atoms with Gasteiger partial charge in [-0.15, -0.1) is 0 Å². The van der Waals surface area contributed by atoms with Gasteiger partial charge in [0.05, 0.1) is 6.54 Å². The fourth-order valence-electron chi connectivity index (χ4n) is 1.26. The highest BCUT2D eigenvalue weighted by molar-refractivity contribution is 5.78. The van der Waals surface area contributed by atoms with Gasteiger partial charge in [-0.2, -0.15) is 0 Å². The van der Waals surface area contributed by atoms with Crippen molar-refractivity contribution in [3.8, 4) is 0 Å². The van der Waals surface area contributed by atoms with E-state index in [2.05, 4.69) is 24.5 Å². The van der Waals surface area contributed by atoms with Crippen LogP contribution < -0.4 is 10.6 Å². The molecule has 0 unspecified atom stereocenters. The van der Waals surface area contributed by atoms with Crippen LogP contribution in [0.15, 0.2) is 0 Å². The van der Waals surface area contributed by atoms with Crippen molar-refractivity contribution in [3.05, 3.63) is 0 Å². The van der Waals surface area contributed by atoms with Crippen molar-refractivity contribution in [2.45, 2.75) is 52.5 Å². The van der Waals surface area contributed by atoms with Crippen LogP contribution >= 0.6 is 0 Å². The number of carbonyl (C=O) groups excluding carboxylic acids is 1. The van der Waals surface area contributed by atoms with Crippen LogP contribution in [-0.4, -0.2) is 37.7 Å². The first-order chi connectivity index (χ1) is 8.02. The monoisotopic (exact) mass is 244 g/mol. The Bertz CT molecular complexity index is 206. The molecule has 0 bridgehead atoms. The molecule has 0 spiro atoms. The molecule has 0 radical (unpaired) electrons. The first-order valence-corrected chi connectivity index (χ1v) is 6.61. The van der Waals surface area contributed by atoms with Gasteiger partial charge in [-0.05, 0) is 39.7 Å². The Hall–Kier alpha value is -0.610. The van der Waals surface area contributed by atoms with Gasteiger partial charge in [-0.25, -0.2) is 0 Å². The van der Waals surface area contributed by atoms with E-state index in [1.165, 1.54) is 0 Å². The molecule has 0 atom stereocenters. The van der Waals surface area contributed by atoms with Crippen LogP contribution in [0.1, 0.15) is 47.0 Å². The van der Waals surface area contributed by atoms with Gasteiger partial charge in [0.25, 0.3) is 0 Å². The number of nitrogens with one attached hydrogen (secondary N) is 2. The van der Waals surface area contributed by atoms with Crippen molar-refractivity contribution < 1.29 is 9.53 Å². The Balaban J connectivity index is 3.40. The van der Waals surface area contributed by atoms with Gasteiger partial charge in [0, 0.05) is 18.8 Å². The maximum Gasteiger partial charge on any atom is 0.234 e. The van der Waals surface area contributed by atoms with Gasteiger partial charge < -0.3 is 15.4 Å². The molecule has 0 aliphatic heterocycles. The molecule has 0 saturated carbocycles. The molecule has 1 amide bonds. The van der Waals surface area contributed by atoms with Crippen molar-refractivity contribution in [2.75, 3.05) is 26.3 Å². The van der Waals surface area contributed by atoms with E-state index in [0.29, 0.717) is 6.54 Å². The predicted octanol–water partition coefficient (Wildman–Crippen LogP) is 1.70. The van der Waals surface area contributed by atoms with Gasteiger partial charge in [0.2, 0.25) is 5.91 Å². The second-order valence-corrected chi connectivity index (χ2v) is 4.93. The number of hydrogen-bond donors (Lipinski definition) is 2. The number of hydrogen-bond acceptors (Lipinski definition) is 3. The summed E-state index contributed by atoms with van der Waals surface area (Å²) in [5.74, 6) is 0.0614. The van der Waals surface area contributed by atoms with E-state index in [0.717, 1.165) is 39.0 Å². The standard InChI is InChI=1S/C13H28N2O2/c1-5-9-17-10-7-8-14-11-12(16)15-13(3,4)6-2/h14H,5-11H2,1-4H3,(H,15,16). The first kappa shape index (κ1) is 16.4. The molecule has 4 heteroatoms. The summed E-state index contributed by atoms with van der Waals surface area (Å²) in [7, 11) is 0. The molecule has 17 heavy (non-hydrogen) atoms. The third-order valence-electron chi connectivity index (χ3n) is 2.64. The zero-order valence-corrected chi connectivity index (χ0v) is 11.8. The van der Waals surface area contributed by atoms with Crippen molar-refractivity contribution in [3.63, 3.8) is 0 Å². The third-order valence-corrected chi connectivity index (χ3v) is 2.64. The van der Waals surface area contributed by atoms with E-state index in [-0.39, 0.29) is 11.4 Å². The normalized spacial score (nSPS) is 11.5. The minimum atomic E-state index is -0.108. The third kappa shape index (κ3) is 10.3. The molecule has 2 N–H and O–H groups in total. The molecule has 0 aromatic carbocycles. The maximum atomic E-state index is 11.5. The number of rotatable bonds is 10. The van der Waals surface area contributed by atoms with Gasteiger partial charge in [0.1, 0.15) is 0 Å². The van der Waals surface area contributed by atoms with E-state index < -0.39 is 0 Å². The Kier molecular flexibility index (Phi) is 9.09. The molecule has 0 saturated heterocycles. The smallest absolute Gasteiger partial charge is 0.234 e. The minimum Gasteiger partial charge on any atom is -0.381 e. The summed E-state index contributed by atoms with van der Waals surface area (Å²) in [4.78, 5) is 11.5. The number of ether oxygens (including phenoxy) is 1. The fraction of sp³-hybridized carbons (Fsp3) is 0.923. The van der Waals surface area contributed by atoms with Crippen molar-refractivity contribution in [1.29, 1.82) is 0 Å². The first-order valence-electron chi connectivity index (χ1n) is 6.61. The summed E-state index contributed by atoms with van der Waals surface area (Å²) >= 11 is 0. The highest BCUT2D eigenvalue weighted by Crippen LogP contribution is 2.05. The van der Waals surface area contributed by atoms with Crippen LogP contribution in [0.4, 0.5) is 0 Å². The molecule has 0 fully saturated rings. The lowest BCUT2D eigenvalue weighted by atomic mass is 10.0. The van der Waals surface area contributed by atoms with Crippen LogP contribution in [0, 0.1) is 0 Å². The van der Waals surface area contributed by atoms with Crippen LogP contribution in [0.2, 0.25) is 0 Å². The zero-order chi connectivity index (χ0) is 13.1. The van der Waals surface area contributed by atoms with E-state index in [1.54, 1.807) is 0 Å². The van der Waals surface area contributed by atoms with Crippen LogP contribution in [0.3, 0.4) is 0 Å². The van der Waals surface area contributed by atoms with E-state index in [9.17, 15) is 4.79 Å². The van der Waals surface area contributed by atoms with Crippen LogP contribution in [-0.2, 0) is 9.53 Å². The van der Waals surface area contributed by atoms with Gasteiger partial charge in [-0.1, -0.05) is 13.8 Å². The molecule has 0 aromatic rings. The highest BCUT2D eigenvalue weighted by atomic mass is 16.5. The fourth-order valence-corrected chi connectivity index (χ4v) is 1.26. The summed E-state index contributed by atoms with van der Waals surface area (Å²) in [5.41, 5.74) is -0.108. The molecule has 0 heterocycles. The average molecular weight is 244 g/mol. The Morgan fingerprint density at radius 2 is 1.94 bits per heavy atom. The zero-order valence-electron chi connectivity index (χ0n) is 11.8. The highest BCUT2D eigenvalue weighted by Gasteiger charge is 2.16. The summed E-state index contributed by atoms with van der Waals surface area (Å²) in [5, 5.41) is 6.10. The number of carbonyl (C=O) groups is 1. The molecular formula is C13H28N2O2. The quantitative estimate of drug-likeness (QED) is 0.575. The molecule has 102 valence electrons. The molecule has 0 rings (SSSR count). The minimum absolute atomic E-state index is 0.0614. The van der Waals surface area contributed by atoms with Crippen molar-refractivity contribution in [1.82, 2.24) is 10.6 Å². The Labute approximate surface area is 105 Å². The van der Waals surface area contributed by atoms with E-state index >= 15 is 0 Å².